The Morgan fingerprint density at radius 1 is 0.688 bits per heavy atom. The monoisotopic (exact) mass is 417 g/mol. The molecule has 0 bridgehead atoms. The number of carbonyl (C=O) groups is 1. The highest BCUT2D eigenvalue weighted by molar-refractivity contribution is 6.05. The van der Waals surface area contributed by atoms with Crippen LogP contribution in [-0.4, -0.2) is 20.8 Å². The number of rotatable bonds is 5. The van der Waals surface area contributed by atoms with Gasteiger partial charge >= 0.3 is 0 Å². The van der Waals surface area contributed by atoms with Crippen LogP contribution in [0.3, 0.4) is 0 Å². The van der Waals surface area contributed by atoms with E-state index in [1.807, 2.05) is 115 Å². The van der Waals surface area contributed by atoms with Crippen molar-refractivity contribution in [1.82, 2.24) is 15.0 Å². The molecule has 0 spiro atoms. The minimum Gasteiger partial charge on any atom is -0.322 e. The molecule has 5 aromatic rings. The number of Topliss-reactive ketones (excluding diaryl/α,β-unsaturated/α-hetero) is 1. The number of para-hydroxylation sites is 1. The maximum absolute atomic E-state index is 14.2. The molecule has 32 heavy (non-hydrogen) atoms. The molecule has 154 valence electrons. The Morgan fingerprint density at radius 3 is 1.84 bits per heavy atom. The molecule has 1 aliphatic heterocycles. The number of epoxide rings is 1. The highest BCUT2D eigenvalue weighted by Crippen LogP contribution is 2.64. The lowest BCUT2D eigenvalue weighted by Gasteiger charge is -2.21. The Hall–Kier alpha value is -4.09. The average molecular weight is 417 g/mol. The van der Waals surface area contributed by atoms with Crippen LogP contribution in [0.2, 0.25) is 0 Å². The van der Waals surface area contributed by atoms with Crippen LogP contribution < -0.4 is 0 Å². The Kier molecular flexibility index (Phi) is 4.06. The summed E-state index contributed by atoms with van der Waals surface area (Å²) >= 11 is 0. The molecule has 0 amide bonds. The van der Waals surface area contributed by atoms with Gasteiger partial charge in [0.25, 0.3) is 5.72 Å². The number of hydrogen-bond donors (Lipinski definition) is 0. The lowest BCUT2D eigenvalue weighted by molar-refractivity contribution is 0.0770. The standard InChI is InChI=1S/C27H19N3O2/c31-25(20-12-4-1-5-13-20)27(30-24-19-11-10-18-23(24)28-29-30)26(32-27,21-14-6-2-7-15-21)22-16-8-3-9-17-22/h1-19H. The number of fused-ring (bicyclic) bond motifs is 1. The van der Waals surface area contributed by atoms with E-state index in [2.05, 4.69) is 10.3 Å². The van der Waals surface area contributed by atoms with Gasteiger partial charge in [-0.1, -0.05) is 108 Å². The van der Waals surface area contributed by atoms with E-state index < -0.39 is 11.3 Å². The zero-order valence-corrected chi connectivity index (χ0v) is 17.1. The van der Waals surface area contributed by atoms with Crippen LogP contribution in [0.4, 0.5) is 0 Å². The molecule has 0 aliphatic carbocycles. The molecule has 0 radical (unpaired) electrons. The molecular formula is C27H19N3O2. The van der Waals surface area contributed by atoms with Gasteiger partial charge in [-0.2, -0.15) is 0 Å². The van der Waals surface area contributed by atoms with E-state index in [9.17, 15) is 4.79 Å². The maximum atomic E-state index is 14.2. The number of hydrogen-bond acceptors (Lipinski definition) is 4. The van der Waals surface area contributed by atoms with Crippen LogP contribution in [-0.2, 0) is 16.1 Å². The molecule has 6 rings (SSSR count). The number of aromatic nitrogens is 3. The quantitative estimate of drug-likeness (QED) is 0.300. The van der Waals surface area contributed by atoms with Gasteiger partial charge in [0.15, 0.2) is 5.60 Å². The van der Waals surface area contributed by atoms with Gasteiger partial charge in [-0.05, 0) is 23.3 Å². The molecule has 0 N–H and O–H groups in total. The third kappa shape index (κ3) is 2.46. The summed E-state index contributed by atoms with van der Waals surface area (Å²) in [6.07, 6.45) is 0. The van der Waals surface area contributed by atoms with Gasteiger partial charge in [-0.15, -0.1) is 5.10 Å². The van der Waals surface area contributed by atoms with Gasteiger partial charge in [0.2, 0.25) is 5.78 Å². The minimum atomic E-state index is -1.41. The lowest BCUT2D eigenvalue weighted by atomic mass is 9.81. The van der Waals surface area contributed by atoms with E-state index in [-0.39, 0.29) is 5.78 Å². The number of benzene rings is 4. The van der Waals surface area contributed by atoms with Gasteiger partial charge in [0.05, 0.1) is 5.52 Å². The highest BCUT2D eigenvalue weighted by atomic mass is 16.7. The summed E-state index contributed by atoms with van der Waals surface area (Å²) in [5, 5.41) is 8.78. The molecule has 4 aromatic carbocycles. The van der Waals surface area contributed by atoms with Crippen molar-refractivity contribution < 1.29 is 9.53 Å². The third-order valence-corrected chi connectivity index (χ3v) is 6.09. The highest BCUT2D eigenvalue weighted by Gasteiger charge is 2.79. The predicted octanol–water partition coefficient (Wildman–Crippen LogP) is 4.94. The van der Waals surface area contributed by atoms with Gasteiger partial charge < -0.3 is 4.74 Å². The van der Waals surface area contributed by atoms with E-state index in [4.69, 9.17) is 4.74 Å². The van der Waals surface area contributed by atoms with Crippen molar-refractivity contribution in [2.24, 2.45) is 0 Å². The second-order valence-corrected chi connectivity index (χ2v) is 7.84. The fraction of sp³-hybridized carbons (Fsp3) is 0.0741. The van der Waals surface area contributed by atoms with Crippen LogP contribution in [0.25, 0.3) is 11.0 Å². The van der Waals surface area contributed by atoms with Crippen molar-refractivity contribution in [2.45, 2.75) is 11.3 Å². The summed E-state index contributed by atoms with van der Waals surface area (Å²) in [6.45, 7) is 0. The van der Waals surface area contributed by atoms with E-state index >= 15 is 0 Å². The topological polar surface area (TPSA) is 60.3 Å². The molecule has 1 unspecified atom stereocenters. The zero-order chi connectivity index (χ0) is 21.6. The van der Waals surface area contributed by atoms with E-state index in [0.717, 1.165) is 16.6 Å². The van der Waals surface area contributed by atoms with E-state index in [1.165, 1.54) is 0 Å². The summed E-state index contributed by atoms with van der Waals surface area (Å²) in [6, 6.07) is 36.6. The van der Waals surface area contributed by atoms with E-state index in [0.29, 0.717) is 11.1 Å². The van der Waals surface area contributed by atoms with Gasteiger partial charge in [-0.3, -0.25) is 4.79 Å². The molecule has 1 aliphatic rings. The van der Waals surface area contributed by atoms with Gasteiger partial charge in [0, 0.05) is 5.56 Å². The molecule has 1 atom stereocenters. The van der Waals surface area contributed by atoms with Gasteiger partial charge in [0.1, 0.15) is 5.52 Å². The summed E-state index contributed by atoms with van der Waals surface area (Å²) in [7, 11) is 0. The molecule has 1 saturated heterocycles. The smallest absolute Gasteiger partial charge is 0.266 e. The molecule has 2 heterocycles. The largest absolute Gasteiger partial charge is 0.322 e. The number of nitrogens with zero attached hydrogens (tertiary/aromatic N) is 3. The maximum Gasteiger partial charge on any atom is 0.266 e. The predicted molar refractivity (Wildman–Crippen MR) is 121 cm³/mol. The molecule has 0 saturated carbocycles. The lowest BCUT2D eigenvalue weighted by Crippen LogP contribution is -2.38. The Morgan fingerprint density at radius 2 is 1.22 bits per heavy atom. The molecular weight excluding hydrogens is 398 g/mol. The van der Waals surface area contributed by atoms with Crippen LogP contribution in [0.5, 0.6) is 0 Å². The van der Waals surface area contributed by atoms with Gasteiger partial charge in [-0.25, -0.2) is 4.68 Å². The Labute approximate surface area is 184 Å². The Bertz CT molecular complexity index is 1380. The summed E-state index contributed by atoms with van der Waals surface area (Å²) in [5.41, 5.74) is 1.32. The first-order valence-electron chi connectivity index (χ1n) is 10.5. The van der Waals surface area contributed by atoms with Crippen LogP contribution in [0.1, 0.15) is 21.5 Å². The molecule has 5 nitrogen and oxygen atoms in total. The first-order valence-corrected chi connectivity index (χ1v) is 10.5. The third-order valence-electron chi connectivity index (χ3n) is 6.09. The van der Waals surface area contributed by atoms with Crippen molar-refractivity contribution in [2.75, 3.05) is 0 Å². The van der Waals surface area contributed by atoms with Crippen molar-refractivity contribution >= 4 is 16.8 Å². The number of ether oxygens (including phenoxy) is 1. The van der Waals surface area contributed by atoms with Crippen molar-refractivity contribution in [1.29, 1.82) is 0 Å². The second kappa shape index (κ2) is 6.97. The van der Waals surface area contributed by atoms with Crippen molar-refractivity contribution in [3.8, 4) is 0 Å². The first-order chi connectivity index (χ1) is 15.8. The minimum absolute atomic E-state index is 0.165. The average Bonchev–Trinajstić information content (AvgIpc) is 3.41. The SMILES string of the molecule is O=C(c1ccccc1)C1(n2nnc3ccccc32)OC1(c1ccccc1)c1ccccc1. The van der Waals surface area contributed by atoms with E-state index in [1.54, 1.807) is 4.68 Å². The van der Waals surface area contributed by atoms with Crippen LogP contribution in [0.15, 0.2) is 115 Å². The summed E-state index contributed by atoms with van der Waals surface area (Å²) in [5.74, 6) is -0.165. The normalized spacial score (nSPS) is 19.0. The van der Waals surface area contributed by atoms with Crippen LogP contribution >= 0.6 is 0 Å². The first kappa shape index (κ1) is 18.7. The van der Waals surface area contributed by atoms with Crippen molar-refractivity contribution in [3.05, 3.63) is 132 Å². The summed E-state index contributed by atoms with van der Waals surface area (Å²) < 4.78 is 8.29. The Balaban J connectivity index is 1.68. The second-order valence-electron chi connectivity index (χ2n) is 7.84. The zero-order valence-electron chi connectivity index (χ0n) is 17.1. The number of ketones is 1. The molecule has 1 fully saturated rings. The molecule has 5 heteroatoms. The fourth-order valence-corrected chi connectivity index (χ4v) is 4.60. The van der Waals surface area contributed by atoms with Crippen LogP contribution in [0, 0.1) is 0 Å². The fourth-order valence-electron chi connectivity index (χ4n) is 4.60. The van der Waals surface area contributed by atoms with Crippen molar-refractivity contribution in [3.63, 3.8) is 0 Å². The summed E-state index contributed by atoms with van der Waals surface area (Å²) in [4.78, 5) is 14.2. The number of carbonyl (C=O) groups excluding carboxylic acids is 1. The molecule has 1 aromatic heterocycles.